The van der Waals surface area contributed by atoms with E-state index in [9.17, 15) is 5.11 Å². The lowest BCUT2D eigenvalue weighted by Crippen LogP contribution is -2.36. The average molecular weight is 144 g/mol. The predicted molar refractivity (Wildman–Crippen MR) is 39.8 cm³/mol. The highest BCUT2D eigenvalue weighted by Gasteiger charge is 2.39. The van der Waals surface area contributed by atoms with Crippen LogP contribution in [-0.2, 0) is 4.74 Å². The smallest absolute Gasteiger partial charge is 0.0904 e. The summed E-state index contributed by atoms with van der Waals surface area (Å²) >= 11 is 0. The SMILES string of the molecule is CC(C)C1COCC1(C)O. The van der Waals surface area contributed by atoms with E-state index in [1.165, 1.54) is 0 Å². The van der Waals surface area contributed by atoms with Crippen LogP contribution in [0.25, 0.3) is 0 Å². The number of aliphatic hydroxyl groups is 1. The van der Waals surface area contributed by atoms with Gasteiger partial charge in [-0.25, -0.2) is 0 Å². The van der Waals surface area contributed by atoms with Crippen LogP contribution in [0.2, 0.25) is 0 Å². The van der Waals surface area contributed by atoms with Crippen LogP contribution < -0.4 is 0 Å². The second-order valence-electron chi connectivity index (χ2n) is 3.72. The van der Waals surface area contributed by atoms with Crippen molar-refractivity contribution in [1.82, 2.24) is 0 Å². The first kappa shape index (κ1) is 8.02. The van der Waals surface area contributed by atoms with Crippen molar-refractivity contribution >= 4 is 0 Å². The molecule has 1 aliphatic heterocycles. The first-order chi connectivity index (χ1) is 4.54. The van der Waals surface area contributed by atoms with Crippen molar-refractivity contribution in [3.05, 3.63) is 0 Å². The Morgan fingerprint density at radius 2 is 2.20 bits per heavy atom. The fourth-order valence-electron chi connectivity index (χ4n) is 1.59. The summed E-state index contributed by atoms with van der Waals surface area (Å²) in [4.78, 5) is 0. The summed E-state index contributed by atoms with van der Waals surface area (Å²) in [6.45, 7) is 7.30. The first-order valence-electron chi connectivity index (χ1n) is 3.84. The molecule has 10 heavy (non-hydrogen) atoms. The zero-order chi connectivity index (χ0) is 7.78. The maximum absolute atomic E-state index is 9.70. The molecule has 1 aliphatic rings. The second-order valence-corrected chi connectivity index (χ2v) is 3.72. The van der Waals surface area contributed by atoms with E-state index in [0.29, 0.717) is 25.0 Å². The molecule has 0 saturated carbocycles. The quantitative estimate of drug-likeness (QED) is 0.596. The Balaban J connectivity index is 2.59. The van der Waals surface area contributed by atoms with Gasteiger partial charge in [0, 0.05) is 5.92 Å². The summed E-state index contributed by atoms with van der Waals surface area (Å²) in [6.07, 6.45) is 0. The fraction of sp³-hybridized carbons (Fsp3) is 1.00. The monoisotopic (exact) mass is 144 g/mol. The molecule has 0 aliphatic carbocycles. The van der Waals surface area contributed by atoms with Gasteiger partial charge in [-0.15, -0.1) is 0 Å². The van der Waals surface area contributed by atoms with Gasteiger partial charge in [-0.05, 0) is 12.8 Å². The minimum absolute atomic E-state index is 0.312. The van der Waals surface area contributed by atoms with E-state index in [-0.39, 0.29) is 0 Å². The van der Waals surface area contributed by atoms with Gasteiger partial charge in [0.15, 0.2) is 0 Å². The summed E-state index contributed by atoms with van der Waals surface area (Å²) in [7, 11) is 0. The van der Waals surface area contributed by atoms with E-state index in [0.717, 1.165) is 0 Å². The number of rotatable bonds is 1. The Labute approximate surface area is 62.2 Å². The predicted octanol–water partition coefficient (Wildman–Crippen LogP) is 1.04. The highest BCUT2D eigenvalue weighted by molar-refractivity contribution is 4.88. The number of ether oxygens (including phenoxy) is 1. The van der Waals surface area contributed by atoms with Crippen LogP contribution in [0.4, 0.5) is 0 Å². The van der Waals surface area contributed by atoms with Crippen molar-refractivity contribution in [2.24, 2.45) is 11.8 Å². The largest absolute Gasteiger partial charge is 0.387 e. The Kier molecular flexibility index (Phi) is 2.02. The second kappa shape index (κ2) is 2.51. The molecule has 1 rings (SSSR count). The third-order valence-corrected chi connectivity index (χ3v) is 2.30. The molecule has 0 spiro atoms. The van der Waals surface area contributed by atoms with Gasteiger partial charge in [0.2, 0.25) is 0 Å². The molecule has 1 N–H and O–H groups in total. The van der Waals surface area contributed by atoms with E-state index in [1.54, 1.807) is 0 Å². The summed E-state index contributed by atoms with van der Waals surface area (Å²) in [5, 5.41) is 9.70. The molecule has 2 unspecified atom stereocenters. The van der Waals surface area contributed by atoms with Gasteiger partial charge >= 0.3 is 0 Å². The van der Waals surface area contributed by atoms with Crippen molar-refractivity contribution < 1.29 is 9.84 Å². The summed E-state index contributed by atoms with van der Waals surface area (Å²) < 4.78 is 5.18. The number of hydrogen-bond acceptors (Lipinski definition) is 2. The van der Waals surface area contributed by atoms with Crippen LogP contribution in [-0.4, -0.2) is 23.9 Å². The zero-order valence-corrected chi connectivity index (χ0v) is 6.92. The number of hydrogen-bond donors (Lipinski definition) is 1. The molecule has 0 aromatic carbocycles. The van der Waals surface area contributed by atoms with Gasteiger partial charge < -0.3 is 9.84 Å². The Bertz CT molecular complexity index is 118. The van der Waals surface area contributed by atoms with Gasteiger partial charge in [-0.2, -0.15) is 0 Å². The molecule has 0 aromatic heterocycles. The van der Waals surface area contributed by atoms with Gasteiger partial charge in [0.05, 0.1) is 18.8 Å². The molecule has 0 aromatic rings. The highest BCUT2D eigenvalue weighted by Crippen LogP contribution is 2.30. The van der Waals surface area contributed by atoms with Crippen molar-refractivity contribution in [2.75, 3.05) is 13.2 Å². The normalized spacial score (nSPS) is 41.1. The van der Waals surface area contributed by atoms with Gasteiger partial charge in [0.25, 0.3) is 0 Å². The van der Waals surface area contributed by atoms with E-state index >= 15 is 0 Å². The zero-order valence-electron chi connectivity index (χ0n) is 6.92. The molecule has 1 heterocycles. The molecule has 0 amide bonds. The third kappa shape index (κ3) is 1.32. The van der Waals surface area contributed by atoms with Crippen molar-refractivity contribution in [3.63, 3.8) is 0 Å². The minimum Gasteiger partial charge on any atom is -0.387 e. The first-order valence-corrected chi connectivity index (χ1v) is 3.84. The Morgan fingerprint density at radius 3 is 2.40 bits per heavy atom. The van der Waals surface area contributed by atoms with Crippen molar-refractivity contribution in [1.29, 1.82) is 0 Å². The average Bonchev–Trinajstić information content (AvgIpc) is 2.08. The molecular weight excluding hydrogens is 128 g/mol. The minimum atomic E-state index is -0.589. The Hall–Kier alpha value is -0.0800. The van der Waals surface area contributed by atoms with Crippen LogP contribution in [0.3, 0.4) is 0 Å². The van der Waals surface area contributed by atoms with Crippen LogP contribution in [0.5, 0.6) is 0 Å². The summed E-state index contributed by atoms with van der Waals surface area (Å²) in [5.74, 6) is 0.824. The lowest BCUT2D eigenvalue weighted by Gasteiger charge is -2.25. The van der Waals surface area contributed by atoms with Crippen molar-refractivity contribution in [2.45, 2.75) is 26.4 Å². The molecule has 1 fully saturated rings. The molecule has 2 atom stereocenters. The van der Waals surface area contributed by atoms with E-state index in [4.69, 9.17) is 4.74 Å². The van der Waals surface area contributed by atoms with Crippen LogP contribution in [0, 0.1) is 11.8 Å². The molecule has 2 nitrogen and oxygen atoms in total. The maximum Gasteiger partial charge on any atom is 0.0904 e. The molecular formula is C8H16O2. The fourth-order valence-corrected chi connectivity index (χ4v) is 1.59. The summed E-state index contributed by atoms with van der Waals surface area (Å²) in [6, 6.07) is 0. The standard InChI is InChI=1S/C8H16O2/c1-6(2)7-4-10-5-8(7,3)9/h6-7,9H,4-5H2,1-3H3. The lowest BCUT2D eigenvalue weighted by atomic mass is 9.84. The molecule has 60 valence electrons. The van der Waals surface area contributed by atoms with E-state index < -0.39 is 5.60 Å². The topological polar surface area (TPSA) is 29.5 Å². The third-order valence-electron chi connectivity index (χ3n) is 2.30. The van der Waals surface area contributed by atoms with E-state index in [2.05, 4.69) is 13.8 Å². The van der Waals surface area contributed by atoms with Gasteiger partial charge in [-0.3, -0.25) is 0 Å². The van der Waals surface area contributed by atoms with Crippen LogP contribution in [0.1, 0.15) is 20.8 Å². The highest BCUT2D eigenvalue weighted by atomic mass is 16.5. The van der Waals surface area contributed by atoms with Gasteiger partial charge in [-0.1, -0.05) is 13.8 Å². The van der Waals surface area contributed by atoms with E-state index in [1.807, 2.05) is 6.92 Å². The summed E-state index contributed by atoms with van der Waals surface area (Å²) in [5.41, 5.74) is -0.589. The molecule has 2 heteroatoms. The maximum atomic E-state index is 9.70. The van der Waals surface area contributed by atoms with Gasteiger partial charge in [0.1, 0.15) is 0 Å². The van der Waals surface area contributed by atoms with Crippen LogP contribution in [0.15, 0.2) is 0 Å². The van der Waals surface area contributed by atoms with Crippen LogP contribution >= 0.6 is 0 Å². The molecule has 0 radical (unpaired) electrons. The molecule has 1 saturated heterocycles. The van der Waals surface area contributed by atoms with Crippen molar-refractivity contribution in [3.8, 4) is 0 Å². The Morgan fingerprint density at radius 1 is 1.60 bits per heavy atom. The molecule has 0 bridgehead atoms. The lowest BCUT2D eigenvalue weighted by molar-refractivity contribution is 0.00668.